The minimum atomic E-state index is -3.78. The number of sulfonamides is 1. The smallest absolute Gasteiger partial charge is 0.329 e. The average molecular weight is 373 g/mol. The van der Waals surface area contributed by atoms with Crippen molar-refractivity contribution >= 4 is 16.0 Å². The molecule has 1 fully saturated rings. The molecule has 0 amide bonds. The lowest BCUT2D eigenvalue weighted by atomic mass is 10.1. The molecule has 1 aliphatic heterocycles. The van der Waals surface area contributed by atoms with Gasteiger partial charge in [-0.05, 0) is 37.1 Å². The number of hydrogen-bond donors (Lipinski definition) is 1. The molecule has 9 heteroatoms. The van der Waals surface area contributed by atoms with Gasteiger partial charge in [-0.1, -0.05) is 0 Å². The molecular weight excluding hydrogens is 350 g/mol. The molecule has 0 aliphatic carbocycles. The molecule has 0 radical (unpaired) electrons. The second-order valence-electron chi connectivity index (χ2n) is 5.84. The first-order valence-corrected chi connectivity index (χ1v) is 9.25. The number of nitrogens with zero attached hydrogens (tertiary/aromatic N) is 1. The fourth-order valence-corrected chi connectivity index (χ4v) is 4.92. The molecule has 2 rings (SSSR count). The lowest BCUT2D eigenvalue weighted by molar-refractivity contribution is -0.143. The van der Waals surface area contributed by atoms with Gasteiger partial charge in [-0.2, -0.15) is 4.31 Å². The van der Waals surface area contributed by atoms with E-state index in [4.69, 9.17) is 19.3 Å². The van der Waals surface area contributed by atoms with E-state index in [9.17, 15) is 13.2 Å². The van der Waals surface area contributed by atoms with E-state index in [1.165, 1.54) is 11.4 Å². The van der Waals surface area contributed by atoms with Crippen molar-refractivity contribution in [2.75, 3.05) is 40.1 Å². The molecule has 25 heavy (non-hydrogen) atoms. The second-order valence-corrected chi connectivity index (χ2v) is 7.67. The maximum Gasteiger partial charge on any atom is 0.329 e. The number of aliphatic carboxylic acids is 1. The van der Waals surface area contributed by atoms with E-state index in [0.29, 0.717) is 16.9 Å². The lowest BCUT2D eigenvalue weighted by Gasteiger charge is -2.35. The van der Waals surface area contributed by atoms with E-state index >= 15 is 0 Å². The molecule has 1 aromatic rings. The minimum absolute atomic E-state index is 0.0419. The summed E-state index contributed by atoms with van der Waals surface area (Å²) in [5.74, 6) is -0.509. The fraction of sp³-hybridized carbons (Fsp3) is 0.562. The summed E-state index contributed by atoms with van der Waals surface area (Å²) in [6.45, 7) is 3.55. The van der Waals surface area contributed by atoms with Crippen LogP contribution < -0.4 is 4.74 Å². The van der Waals surface area contributed by atoms with Gasteiger partial charge < -0.3 is 19.3 Å². The Morgan fingerprint density at radius 1 is 1.36 bits per heavy atom. The Kier molecular flexibility index (Phi) is 6.39. The third-order valence-corrected chi connectivity index (χ3v) is 6.20. The average Bonchev–Trinajstić information content (AvgIpc) is 2.53. The van der Waals surface area contributed by atoms with E-state index in [-0.39, 0.29) is 31.3 Å². The molecule has 0 spiro atoms. The zero-order valence-corrected chi connectivity index (χ0v) is 15.3. The molecule has 1 heterocycles. The molecule has 0 saturated carbocycles. The number of aryl methyl sites for hydroxylation is 2. The Hall–Kier alpha value is -1.68. The van der Waals surface area contributed by atoms with Crippen LogP contribution in [0.1, 0.15) is 11.1 Å². The number of carboxylic acids is 1. The molecule has 1 aromatic carbocycles. The lowest BCUT2D eigenvalue weighted by Crippen LogP contribution is -2.51. The summed E-state index contributed by atoms with van der Waals surface area (Å²) in [5.41, 5.74) is 1.18. The standard InChI is InChI=1S/C16H23NO7S/c1-11-6-14(22-3)7-12(2)16(11)25(20,21)17-4-5-23-8-13(17)9-24-10-15(18)19/h6-7,13H,4-5,8-10H2,1-3H3,(H,18,19). The van der Waals surface area contributed by atoms with Gasteiger partial charge in [0.1, 0.15) is 12.4 Å². The van der Waals surface area contributed by atoms with Gasteiger partial charge in [0.05, 0.1) is 37.9 Å². The topological polar surface area (TPSA) is 102 Å². The Morgan fingerprint density at radius 3 is 2.56 bits per heavy atom. The van der Waals surface area contributed by atoms with Crippen LogP contribution in [-0.2, 0) is 24.3 Å². The van der Waals surface area contributed by atoms with Gasteiger partial charge in [-0.25, -0.2) is 13.2 Å². The quantitative estimate of drug-likeness (QED) is 0.754. The van der Waals surface area contributed by atoms with Crippen LogP contribution in [0.25, 0.3) is 0 Å². The highest BCUT2D eigenvalue weighted by Gasteiger charge is 2.36. The van der Waals surface area contributed by atoms with Crippen molar-refractivity contribution in [3.8, 4) is 5.75 Å². The summed E-state index contributed by atoms with van der Waals surface area (Å²) in [6.07, 6.45) is 0. The number of rotatable bonds is 7. The number of ether oxygens (including phenoxy) is 3. The van der Waals surface area contributed by atoms with Crippen molar-refractivity contribution in [3.05, 3.63) is 23.3 Å². The Balaban J connectivity index is 2.31. The van der Waals surface area contributed by atoms with Crippen LogP contribution in [0.5, 0.6) is 5.75 Å². The summed E-state index contributed by atoms with van der Waals surface area (Å²) in [7, 11) is -2.25. The Bertz CT molecular complexity index is 709. The van der Waals surface area contributed by atoms with Crippen molar-refractivity contribution in [2.24, 2.45) is 0 Å². The predicted octanol–water partition coefficient (Wildman–Crippen LogP) is 0.803. The van der Waals surface area contributed by atoms with E-state index in [0.717, 1.165) is 0 Å². The van der Waals surface area contributed by atoms with Crippen molar-refractivity contribution < 1.29 is 32.5 Å². The van der Waals surface area contributed by atoms with Crippen molar-refractivity contribution in [1.29, 1.82) is 0 Å². The number of methoxy groups -OCH3 is 1. The van der Waals surface area contributed by atoms with E-state index in [1.807, 2.05) is 0 Å². The van der Waals surface area contributed by atoms with Gasteiger partial charge >= 0.3 is 5.97 Å². The molecule has 1 N–H and O–H groups in total. The highest BCUT2D eigenvalue weighted by Crippen LogP contribution is 2.30. The highest BCUT2D eigenvalue weighted by atomic mass is 32.2. The van der Waals surface area contributed by atoms with Gasteiger partial charge in [-0.3, -0.25) is 0 Å². The first-order valence-electron chi connectivity index (χ1n) is 7.81. The molecule has 8 nitrogen and oxygen atoms in total. The van der Waals surface area contributed by atoms with Crippen LogP contribution in [-0.4, -0.2) is 69.9 Å². The summed E-state index contributed by atoms with van der Waals surface area (Å²) >= 11 is 0. The monoisotopic (exact) mass is 373 g/mol. The van der Waals surface area contributed by atoms with Crippen LogP contribution in [0, 0.1) is 13.8 Å². The van der Waals surface area contributed by atoms with Crippen molar-refractivity contribution in [1.82, 2.24) is 4.31 Å². The Labute approximate surface area is 147 Å². The van der Waals surface area contributed by atoms with Crippen molar-refractivity contribution in [3.63, 3.8) is 0 Å². The maximum atomic E-state index is 13.2. The number of hydrogen-bond acceptors (Lipinski definition) is 6. The molecule has 1 aliphatic rings. The third kappa shape index (κ3) is 4.49. The molecule has 0 aromatic heterocycles. The van der Waals surface area contributed by atoms with E-state index in [2.05, 4.69) is 0 Å². The number of carbonyl (C=O) groups is 1. The van der Waals surface area contributed by atoms with Crippen LogP contribution in [0.3, 0.4) is 0 Å². The van der Waals surface area contributed by atoms with Crippen LogP contribution in [0.4, 0.5) is 0 Å². The number of morpholine rings is 1. The highest BCUT2D eigenvalue weighted by molar-refractivity contribution is 7.89. The molecule has 1 saturated heterocycles. The first kappa shape index (κ1) is 19.6. The van der Waals surface area contributed by atoms with Crippen molar-refractivity contribution in [2.45, 2.75) is 24.8 Å². The molecular formula is C16H23NO7S. The summed E-state index contributed by atoms with van der Waals surface area (Å²) in [6, 6.07) is 2.78. The predicted molar refractivity (Wildman–Crippen MR) is 89.4 cm³/mol. The van der Waals surface area contributed by atoms with Gasteiger partial charge in [-0.15, -0.1) is 0 Å². The zero-order valence-electron chi connectivity index (χ0n) is 14.5. The summed E-state index contributed by atoms with van der Waals surface area (Å²) in [4.78, 5) is 10.8. The normalized spacial score (nSPS) is 18.9. The van der Waals surface area contributed by atoms with Crippen LogP contribution in [0.15, 0.2) is 17.0 Å². The van der Waals surface area contributed by atoms with E-state index < -0.39 is 28.6 Å². The molecule has 0 bridgehead atoms. The van der Waals surface area contributed by atoms with Crippen LogP contribution >= 0.6 is 0 Å². The van der Waals surface area contributed by atoms with Gasteiger partial charge in [0.2, 0.25) is 10.0 Å². The van der Waals surface area contributed by atoms with Gasteiger partial charge in [0, 0.05) is 6.54 Å². The molecule has 1 unspecified atom stereocenters. The SMILES string of the molecule is COc1cc(C)c(S(=O)(=O)N2CCOCC2COCC(=O)O)c(C)c1. The number of benzene rings is 1. The molecule has 140 valence electrons. The largest absolute Gasteiger partial charge is 0.497 e. The fourth-order valence-electron chi connectivity index (χ4n) is 2.92. The summed E-state index contributed by atoms with van der Waals surface area (Å²) < 4.78 is 43.3. The second kappa shape index (κ2) is 8.13. The van der Waals surface area contributed by atoms with E-state index in [1.54, 1.807) is 26.0 Å². The first-order chi connectivity index (χ1) is 11.8. The maximum absolute atomic E-state index is 13.2. The minimum Gasteiger partial charge on any atom is -0.497 e. The molecule has 1 atom stereocenters. The Morgan fingerprint density at radius 2 is 2.00 bits per heavy atom. The third-order valence-electron chi connectivity index (χ3n) is 3.95. The van der Waals surface area contributed by atoms with Gasteiger partial charge in [0.15, 0.2) is 0 Å². The van der Waals surface area contributed by atoms with Gasteiger partial charge in [0.25, 0.3) is 0 Å². The zero-order chi connectivity index (χ0) is 18.6. The summed E-state index contributed by atoms with van der Waals surface area (Å²) in [5, 5.41) is 8.67. The number of carboxylic acid groups (broad SMARTS) is 1. The van der Waals surface area contributed by atoms with Crippen LogP contribution in [0.2, 0.25) is 0 Å².